The Morgan fingerprint density at radius 3 is 2.46 bits per heavy atom. The van der Waals surface area contributed by atoms with Crippen molar-refractivity contribution in [3.8, 4) is 17.2 Å². The lowest BCUT2D eigenvalue weighted by Gasteiger charge is -2.39. The van der Waals surface area contributed by atoms with E-state index in [1.165, 1.54) is 0 Å². The van der Waals surface area contributed by atoms with Gasteiger partial charge in [-0.05, 0) is 74.9 Å². The highest BCUT2D eigenvalue weighted by molar-refractivity contribution is 5.94. The second-order valence-electron chi connectivity index (χ2n) is 10.2. The normalized spacial score (nSPS) is 14.3. The first kappa shape index (κ1) is 27.8. The molecule has 1 aliphatic rings. The van der Waals surface area contributed by atoms with Crippen LogP contribution < -0.4 is 14.8 Å². The van der Waals surface area contributed by atoms with Crippen molar-refractivity contribution in [2.24, 2.45) is 0 Å². The summed E-state index contributed by atoms with van der Waals surface area (Å²) in [6, 6.07) is 28.0. The minimum atomic E-state index is -0.351. The van der Waals surface area contributed by atoms with Gasteiger partial charge in [-0.2, -0.15) is 0 Å². The number of carbonyl (C=O) groups excluding carboxylic acids is 2. The van der Waals surface area contributed by atoms with Gasteiger partial charge in [0, 0.05) is 31.0 Å². The van der Waals surface area contributed by atoms with E-state index in [9.17, 15) is 9.59 Å². The first-order valence-corrected chi connectivity index (χ1v) is 14.0. The fourth-order valence-corrected chi connectivity index (χ4v) is 5.14. The van der Waals surface area contributed by atoms with Crippen LogP contribution in [0.4, 0.5) is 10.5 Å². The molecule has 41 heavy (non-hydrogen) atoms. The molecule has 8 heteroatoms. The molecular weight excluding hydrogens is 516 g/mol. The van der Waals surface area contributed by atoms with E-state index in [4.69, 9.17) is 9.47 Å². The Balaban J connectivity index is 1.39. The number of hydrogen-bond donors (Lipinski definition) is 1. The number of nitrogens with one attached hydrogen (secondary N) is 1. The molecule has 1 N–H and O–H groups in total. The molecule has 0 saturated heterocycles. The number of hydrogen-bond acceptors (Lipinski definition) is 4. The van der Waals surface area contributed by atoms with Gasteiger partial charge in [0.1, 0.15) is 23.8 Å². The van der Waals surface area contributed by atoms with Gasteiger partial charge < -0.3 is 29.2 Å². The van der Waals surface area contributed by atoms with Gasteiger partial charge in [-0.25, -0.2) is 4.79 Å². The number of nitrogens with zero attached hydrogens (tertiary/aromatic N) is 3. The summed E-state index contributed by atoms with van der Waals surface area (Å²) in [5.41, 5.74) is 2.53. The topological polar surface area (TPSA) is 76.0 Å². The summed E-state index contributed by atoms with van der Waals surface area (Å²) in [6.07, 6.45) is 2.04. The van der Waals surface area contributed by atoms with Crippen molar-refractivity contribution in [3.63, 3.8) is 0 Å². The van der Waals surface area contributed by atoms with Crippen molar-refractivity contribution in [2.75, 3.05) is 25.0 Å². The Hall–Kier alpha value is -4.72. The molecule has 0 fully saturated rings. The number of amides is 3. The van der Waals surface area contributed by atoms with Crippen LogP contribution in [0.1, 0.15) is 38.1 Å². The highest BCUT2D eigenvalue weighted by Gasteiger charge is 2.34. The molecule has 0 unspecified atom stereocenters. The molecule has 1 aliphatic heterocycles. The number of carbonyl (C=O) groups is 2. The van der Waals surface area contributed by atoms with Crippen LogP contribution in [-0.4, -0.2) is 52.0 Å². The van der Waals surface area contributed by atoms with Crippen molar-refractivity contribution in [2.45, 2.75) is 39.4 Å². The van der Waals surface area contributed by atoms with Crippen molar-refractivity contribution in [1.29, 1.82) is 0 Å². The Labute approximate surface area is 241 Å². The number of benzene rings is 3. The molecule has 3 amide bonds. The largest absolute Gasteiger partial charge is 0.492 e. The predicted molar refractivity (Wildman–Crippen MR) is 159 cm³/mol. The molecule has 3 aromatic carbocycles. The molecule has 0 bridgehead atoms. The van der Waals surface area contributed by atoms with Gasteiger partial charge >= 0.3 is 6.03 Å². The van der Waals surface area contributed by atoms with Crippen molar-refractivity contribution < 1.29 is 19.1 Å². The summed E-state index contributed by atoms with van der Waals surface area (Å²) in [7, 11) is 0. The van der Waals surface area contributed by atoms with Crippen molar-refractivity contribution in [3.05, 3.63) is 108 Å². The van der Waals surface area contributed by atoms with E-state index in [-0.39, 0.29) is 30.6 Å². The number of rotatable bonds is 9. The second kappa shape index (κ2) is 12.6. The standard InChI is InChI=1S/C33H36N4O4/c1-4-40-30-18-9-8-16-28(30)34-33(39)37(24(2)3)23-31(38)36-21-20-35-19-11-17-29(35)32(36)25-12-10-15-27(22-25)41-26-13-6-5-7-14-26/h5-19,22,24,32H,4,20-21,23H2,1-3H3,(H,34,39)/t32-/m0/s1. The lowest BCUT2D eigenvalue weighted by molar-refractivity contribution is -0.134. The number of urea groups is 1. The molecule has 2 heterocycles. The van der Waals surface area contributed by atoms with Gasteiger partial charge in [-0.3, -0.25) is 4.79 Å². The van der Waals surface area contributed by atoms with Gasteiger partial charge in [-0.1, -0.05) is 42.5 Å². The molecule has 4 aromatic rings. The average molecular weight is 553 g/mol. The maximum Gasteiger partial charge on any atom is 0.322 e. The molecule has 0 saturated carbocycles. The summed E-state index contributed by atoms with van der Waals surface area (Å²) in [6.45, 7) is 7.34. The second-order valence-corrected chi connectivity index (χ2v) is 10.2. The lowest BCUT2D eigenvalue weighted by Crippen LogP contribution is -2.50. The zero-order valence-electron chi connectivity index (χ0n) is 23.7. The molecule has 1 aromatic heterocycles. The van der Waals surface area contributed by atoms with Gasteiger partial charge in [0.25, 0.3) is 0 Å². The summed E-state index contributed by atoms with van der Waals surface area (Å²) in [5, 5.41) is 2.94. The third-order valence-electron chi connectivity index (χ3n) is 7.13. The van der Waals surface area contributed by atoms with E-state index >= 15 is 0 Å². The molecule has 0 spiro atoms. The fraction of sp³-hybridized carbons (Fsp3) is 0.273. The minimum absolute atomic E-state index is 0.0578. The van der Waals surface area contributed by atoms with Crippen LogP contribution in [0, 0.1) is 0 Å². The third kappa shape index (κ3) is 6.38. The third-order valence-corrected chi connectivity index (χ3v) is 7.13. The highest BCUT2D eigenvalue weighted by Crippen LogP contribution is 2.35. The molecule has 0 radical (unpaired) electrons. The van der Waals surface area contributed by atoms with E-state index in [2.05, 4.69) is 9.88 Å². The summed E-state index contributed by atoms with van der Waals surface area (Å²) < 4.78 is 14.0. The Morgan fingerprint density at radius 1 is 0.927 bits per heavy atom. The first-order valence-electron chi connectivity index (χ1n) is 14.0. The average Bonchev–Trinajstić information content (AvgIpc) is 3.46. The van der Waals surface area contributed by atoms with Crippen LogP contribution >= 0.6 is 0 Å². The van der Waals surface area contributed by atoms with E-state index in [0.29, 0.717) is 36.9 Å². The monoisotopic (exact) mass is 552 g/mol. The molecule has 212 valence electrons. The van der Waals surface area contributed by atoms with Crippen LogP contribution in [-0.2, 0) is 11.3 Å². The minimum Gasteiger partial charge on any atom is -0.492 e. The van der Waals surface area contributed by atoms with E-state index in [0.717, 1.165) is 17.0 Å². The molecule has 8 nitrogen and oxygen atoms in total. The number of ether oxygens (including phenoxy) is 2. The van der Waals surface area contributed by atoms with Crippen LogP contribution in [0.2, 0.25) is 0 Å². The maximum absolute atomic E-state index is 14.0. The van der Waals surface area contributed by atoms with Crippen molar-refractivity contribution >= 4 is 17.6 Å². The fourth-order valence-electron chi connectivity index (χ4n) is 5.14. The van der Waals surface area contributed by atoms with Gasteiger partial charge in [0.05, 0.1) is 18.3 Å². The molecule has 0 aliphatic carbocycles. The van der Waals surface area contributed by atoms with Gasteiger partial charge in [0.2, 0.25) is 5.91 Å². The number of fused-ring (bicyclic) bond motifs is 1. The van der Waals surface area contributed by atoms with Crippen LogP contribution in [0.15, 0.2) is 97.2 Å². The number of anilines is 1. The van der Waals surface area contributed by atoms with Crippen LogP contribution in [0.3, 0.4) is 0 Å². The molecular formula is C33H36N4O4. The summed E-state index contributed by atoms with van der Waals surface area (Å²) in [5.74, 6) is 1.90. The zero-order valence-corrected chi connectivity index (χ0v) is 23.7. The van der Waals surface area contributed by atoms with Gasteiger partial charge in [0.15, 0.2) is 0 Å². The lowest BCUT2D eigenvalue weighted by atomic mass is 9.99. The van der Waals surface area contributed by atoms with E-state index in [1.807, 2.05) is 117 Å². The van der Waals surface area contributed by atoms with Gasteiger partial charge in [-0.15, -0.1) is 0 Å². The first-order chi connectivity index (χ1) is 19.9. The Morgan fingerprint density at radius 2 is 1.68 bits per heavy atom. The predicted octanol–water partition coefficient (Wildman–Crippen LogP) is 6.55. The smallest absolute Gasteiger partial charge is 0.322 e. The maximum atomic E-state index is 14.0. The SMILES string of the molecule is CCOc1ccccc1NC(=O)N(CC(=O)N1CCn2cccc2[C@@H]1c1cccc(Oc2ccccc2)c1)C(C)C. The van der Waals surface area contributed by atoms with Crippen LogP contribution in [0.25, 0.3) is 0 Å². The molecule has 1 atom stereocenters. The quantitative estimate of drug-likeness (QED) is 0.255. The van der Waals surface area contributed by atoms with E-state index in [1.54, 1.807) is 11.0 Å². The highest BCUT2D eigenvalue weighted by atomic mass is 16.5. The number of aromatic nitrogens is 1. The zero-order chi connectivity index (χ0) is 28.8. The Bertz CT molecular complexity index is 1480. The summed E-state index contributed by atoms with van der Waals surface area (Å²) in [4.78, 5) is 30.8. The molecule has 5 rings (SSSR count). The number of para-hydroxylation sites is 3. The van der Waals surface area contributed by atoms with Crippen molar-refractivity contribution in [1.82, 2.24) is 14.4 Å². The summed E-state index contributed by atoms with van der Waals surface area (Å²) >= 11 is 0. The Kier molecular flexibility index (Phi) is 8.58. The van der Waals surface area contributed by atoms with E-state index < -0.39 is 0 Å². The van der Waals surface area contributed by atoms with Crippen LogP contribution in [0.5, 0.6) is 17.2 Å².